The van der Waals surface area contributed by atoms with Crippen molar-refractivity contribution in [1.29, 1.82) is 0 Å². The summed E-state index contributed by atoms with van der Waals surface area (Å²) < 4.78 is 5.78. The Balaban J connectivity index is 2.77. The molecule has 0 fully saturated rings. The molecule has 0 N–H and O–H groups in total. The van der Waals surface area contributed by atoms with E-state index in [1.54, 1.807) is 6.92 Å². The van der Waals surface area contributed by atoms with E-state index in [9.17, 15) is 19.7 Å². The molecule has 1 heterocycles. The summed E-state index contributed by atoms with van der Waals surface area (Å²) in [5.41, 5.74) is -0.506. The Kier molecular flexibility index (Phi) is 4.75. The number of nitrogens with zero attached hydrogens (tertiary/aromatic N) is 3. The number of nitro benzene ring substituents is 1. The minimum atomic E-state index is -0.801. The van der Waals surface area contributed by atoms with Crippen LogP contribution >= 0.6 is 11.6 Å². The molecule has 0 aliphatic carbocycles. The first-order valence-electron chi connectivity index (χ1n) is 6.53. The van der Waals surface area contributed by atoms with Gasteiger partial charge in [0.15, 0.2) is 11.5 Å². The number of halogens is 1. The van der Waals surface area contributed by atoms with Crippen LogP contribution in [0.5, 0.6) is 0 Å². The number of Topliss-reactive ketones (excluding diaryl/α,β-unsaturated/α-hetero) is 1. The normalized spacial score (nSPS) is 10.4. The Morgan fingerprint density at radius 2 is 2.13 bits per heavy atom. The molecule has 1 aromatic heterocycles. The number of hydrogen-bond acceptors (Lipinski definition) is 6. The quantitative estimate of drug-likeness (QED) is 0.359. The first kappa shape index (κ1) is 16.6. The Morgan fingerprint density at radius 1 is 1.43 bits per heavy atom. The van der Waals surface area contributed by atoms with Gasteiger partial charge in [-0.2, -0.15) is 0 Å². The fourth-order valence-electron chi connectivity index (χ4n) is 2.05. The summed E-state index contributed by atoms with van der Waals surface area (Å²) in [6.45, 7) is 1.60. The summed E-state index contributed by atoms with van der Waals surface area (Å²) in [4.78, 5) is 38.4. The molecule has 8 nitrogen and oxygen atoms in total. The van der Waals surface area contributed by atoms with Crippen LogP contribution in [0, 0.1) is 10.1 Å². The van der Waals surface area contributed by atoms with Crippen LogP contribution in [-0.2, 0) is 4.74 Å². The van der Waals surface area contributed by atoms with Crippen LogP contribution in [0.25, 0.3) is 5.69 Å². The summed E-state index contributed by atoms with van der Waals surface area (Å²) in [5.74, 6) is -1.21. The lowest BCUT2D eigenvalue weighted by Crippen LogP contribution is -2.14. The lowest BCUT2D eigenvalue weighted by Gasteiger charge is -2.09. The first-order valence-corrected chi connectivity index (χ1v) is 6.91. The van der Waals surface area contributed by atoms with Gasteiger partial charge in [-0.1, -0.05) is 18.5 Å². The number of benzene rings is 1. The van der Waals surface area contributed by atoms with Crippen LogP contribution in [0.4, 0.5) is 5.69 Å². The number of methoxy groups -OCH3 is 1. The van der Waals surface area contributed by atoms with Gasteiger partial charge in [0.1, 0.15) is 17.7 Å². The van der Waals surface area contributed by atoms with Gasteiger partial charge in [0, 0.05) is 17.5 Å². The topological polar surface area (TPSA) is 104 Å². The molecule has 2 aromatic rings. The molecule has 9 heteroatoms. The van der Waals surface area contributed by atoms with Gasteiger partial charge in [0.25, 0.3) is 5.69 Å². The number of esters is 1. The minimum Gasteiger partial charge on any atom is -0.464 e. The molecule has 120 valence electrons. The second kappa shape index (κ2) is 6.57. The molecule has 0 aliphatic rings. The third-order valence-corrected chi connectivity index (χ3v) is 3.36. The average molecular weight is 338 g/mol. The molecule has 0 aliphatic heterocycles. The highest BCUT2D eigenvalue weighted by molar-refractivity contribution is 6.30. The Hall–Kier alpha value is -2.74. The van der Waals surface area contributed by atoms with Gasteiger partial charge < -0.3 is 4.74 Å². The van der Waals surface area contributed by atoms with Crippen molar-refractivity contribution in [2.24, 2.45) is 0 Å². The number of imidazole rings is 1. The molecule has 0 atom stereocenters. The molecule has 0 unspecified atom stereocenters. The van der Waals surface area contributed by atoms with Gasteiger partial charge in [-0.25, -0.2) is 9.78 Å². The Labute approximate surface area is 135 Å². The predicted molar refractivity (Wildman–Crippen MR) is 81.2 cm³/mol. The Bertz CT molecular complexity index is 800. The summed E-state index contributed by atoms with van der Waals surface area (Å²) in [6, 6.07) is 3.91. The van der Waals surface area contributed by atoms with Crippen LogP contribution < -0.4 is 0 Å². The number of nitro groups is 1. The summed E-state index contributed by atoms with van der Waals surface area (Å²) in [5, 5.41) is 11.5. The van der Waals surface area contributed by atoms with Crippen LogP contribution in [-0.4, -0.2) is 33.3 Å². The fourth-order valence-corrected chi connectivity index (χ4v) is 2.22. The Morgan fingerprint density at radius 3 is 2.70 bits per heavy atom. The van der Waals surface area contributed by atoms with E-state index in [1.807, 2.05) is 0 Å². The van der Waals surface area contributed by atoms with Gasteiger partial charge in [-0.3, -0.25) is 19.5 Å². The highest BCUT2D eigenvalue weighted by Crippen LogP contribution is 2.29. The van der Waals surface area contributed by atoms with Crippen molar-refractivity contribution in [3.63, 3.8) is 0 Å². The largest absolute Gasteiger partial charge is 0.464 e. The average Bonchev–Trinajstić information content (AvgIpc) is 2.97. The van der Waals surface area contributed by atoms with Crippen molar-refractivity contribution >= 4 is 29.0 Å². The number of hydrogen-bond donors (Lipinski definition) is 0. The molecule has 0 saturated heterocycles. The molecule has 0 bridgehead atoms. The predicted octanol–water partition coefficient (Wildman–Crippen LogP) is 2.81. The zero-order valence-electron chi connectivity index (χ0n) is 12.3. The van der Waals surface area contributed by atoms with Crippen LogP contribution in [0.2, 0.25) is 5.02 Å². The lowest BCUT2D eigenvalue weighted by molar-refractivity contribution is -0.384. The van der Waals surface area contributed by atoms with E-state index in [4.69, 9.17) is 11.6 Å². The van der Waals surface area contributed by atoms with E-state index >= 15 is 0 Å². The van der Waals surface area contributed by atoms with Crippen LogP contribution in [0.3, 0.4) is 0 Å². The number of ether oxygens (including phenoxy) is 1. The summed E-state index contributed by atoms with van der Waals surface area (Å²) in [6.07, 6.45) is 1.25. The third-order valence-electron chi connectivity index (χ3n) is 3.13. The van der Waals surface area contributed by atoms with Crippen molar-refractivity contribution in [2.75, 3.05) is 7.11 Å². The number of carbonyl (C=O) groups excluding carboxylic acids is 2. The van der Waals surface area contributed by atoms with Crippen molar-refractivity contribution < 1.29 is 19.2 Å². The fraction of sp³-hybridized carbons (Fsp3) is 0.214. The molecular weight excluding hydrogens is 326 g/mol. The zero-order valence-corrected chi connectivity index (χ0v) is 13.0. The van der Waals surface area contributed by atoms with Crippen LogP contribution in [0.1, 0.15) is 34.3 Å². The monoisotopic (exact) mass is 337 g/mol. The maximum absolute atomic E-state index is 12.2. The highest BCUT2D eigenvalue weighted by Gasteiger charge is 2.27. The van der Waals surface area contributed by atoms with Gasteiger partial charge >= 0.3 is 5.97 Å². The first-order chi connectivity index (χ1) is 10.9. The number of rotatable bonds is 5. The smallest absolute Gasteiger partial charge is 0.359 e. The van der Waals surface area contributed by atoms with Gasteiger partial charge in [-0.15, -0.1) is 0 Å². The molecule has 23 heavy (non-hydrogen) atoms. The molecule has 2 rings (SSSR count). The molecule has 0 amide bonds. The van der Waals surface area contributed by atoms with E-state index < -0.39 is 16.7 Å². The molecule has 0 spiro atoms. The standard InChI is InChI=1S/C14H12ClN3O5/c1-3-11(19)13-12(14(20)23-2)16-7-17(13)10-6-8(15)4-5-9(10)18(21)22/h4-7H,3H2,1-2H3. The van der Waals surface area contributed by atoms with E-state index in [2.05, 4.69) is 9.72 Å². The van der Waals surface area contributed by atoms with Crippen molar-refractivity contribution in [3.8, 4) is 5.69 Å². The van der Waals surface area contributed by atoms with E-state index in [1.165, 1.54) is 22.8 Å². The van der Waals surface area contributed by atoms with E-state index in [0.29, 0.717) is 0 Å². The van der Waals surface area contributed by atoms with Gasteiger partial charge in [-0.05, 0) is 12.1 Å². The number of aromatic nitrogens is 2. The molecule has 1 aromatic carbocycles. The van der Waals surface area contributed by atoms with Crippen LogP contribution in [0.15, 0.2) is 24.5 Å². The SMILES string of the molecule is CCC(=O)c1c(C(=O)OC)ncn1-c1cc(Cl)ccc1[N+](=O)[O-]. The second-order valence-corrected chi connectivity index (χ2v) is 4.91. The van der Waals surface area contributed by atoms with Crippen molar-refractivity contribution in [3.05, 3.63) is 51.1 Å². The number of carbonyl (C=O) groups is 2. The zero-order chi connectivity index (χ0) is 17.1. The van der Waals surface area contributed by atoms with E-state index in [0.717, 1.165) is 13.4 Å². The maximum atomic E-state index is 12.2. The minimum absolute atomic E-state index is 0.0435. The number of ketones is 1. The third kappa shape index (κ3) is 3.07. The maximum Gasteiger partial charge on any atom is 0.359 e. The molecule has 0 saturated carbocycles. The summed E-state index contributed by atoms with van der Waals surface area (Å²) in [7, 11) is 1.16. The van der Waals surface area contributed by atoms with Gasteiger partial charge in [0.05, 0.1) is 12.0 Å². The highest BCUT2D eigenvalue weighted by atomic mass is 35.5. The van der Waals surface area contributed by atoms with Gasteiger partial charge in [0.2, 0.25) is 0 Å². The molecule has 0 radical (unpaired) electrons. The van der Waals surface area contributed by atoms with Crippen molar-refractivity contribution in [2.45, 2.75) is 13.3 Å². The summed E-state index contributed by atoms with van der Waals surface area (Å²) >= 11 is 5.90. The van der Waals surface area contributed by atoms with E-state index in [-0.39, 0.29) is 34.2 Å². The van der Waals surface area contributed by atoms with Crippen molar-refractivity contribution in [1.82, 2.24) is 9.55 Å². The molecular formula is C14H12ClN3O5. The lowest BCUT2D eigenvalue weighted by atomic mass is 10.1. The second-order valence-electron chi connectivity index (χ2n) is 4.47.